The zero-order chi connectivity index (χ0) is 14.0. The van der Waals surface area contributed by atoms with Gasteiger partial charge in [-0.2, -0.15) is 0 Å². The second-order valence-electron chi connectivity index (χ2n) is 4.88. The van der Waals surface area contributed by atoms with Crippen molar-refractivity contribution >= 4 is 22.4 Å². The molecule has 1 saturated heterocycles. The van der Waals surface area contributed by atoms with Crippen molar-refractivity contribution < 1.29 is 14.6 Å². The Morgan fingerprint density at radius 1 is 1.53 bits per heavy atom. The zero-order valence-electron chi connectivity index (χ0n) is 11.5. The van der Waals surface area contributed by atoms with E-state index < -0.39 is 11.9 Å². The van der Waals surface area contributed by atoms with Crippen molar-refractivity contribution in [1.82, 2.24) is 4.98 Å². The highest BCUT2D eigenvalue weighted by atomic mass is 32.1. The maximum atomic E-state index is 11.3. The summed E-state index contributed by atoms with van der Waals surface area (Å²) in [6.45, 7) is 7.69. The molecule has 1 aliphatic heterocycles. The summed E-state index contributed by atoms with van der Waals surface area (Å²) in [5.74, 6) is -1.25. The Balaban J connectivity index is 2.26. The predicted molar refractivity (Wildman–Crippen MR) is 75.0 cm³/mol. The Bertz CT molecular complexity index is 441. The van der Waals surface area contributed by atoms with Crippen LogP contribution >= 0.6 is 11.3 Å². The molecule has 1 aliphatic rings. The number of ether oxygens (including phenoxy) is 1. The zero-order valence-corrected chi connectivity index (χ0v) is 12.4. The summed E-state index contributed by atoms with van der Waals surface area (Å²) in [6, 6.07) is -0.109. The number of aliphatic carboxylic acids is 1. The number of carboxylic acids is 1. The van der Waals surface area contributed by atoms with Gasteiger partial charge in [0.05, 0.1) is 24.9 Å². The van der Waals surface area contributed by atoms with Gasteiger partial charge >= 0.3 is 5.97 Å². The standard InChI is InChI=1S/C13H20N2O3S/c1-4-5-15(13-14-8(2)9(3)19-13)11-7-18-6-10(11)12(16)17/h10-11H,4-7H2,1-3H3,(H,16,17). The minimum atomic E-state index is -0.784. The van der Waals surface area contributed by atoms with Crippen molar-refractivity contribution in [2.24, 2.45) is 5.92 Å². The van der Waals surface area contributed by atoms with E-state index in [1.165, 1.54) is 4.88 Å². The summed E-state index contributed by atoms with van der Waals surface area (Å²) in [6.07, 6.45) is 0.959. The molecule has 1 N–H and O–H groups in total. The molecule has 1 aromatic rings. The van der Waals surface area contributed by atoms with Crippen molar-refractivity contribution in [2.45, 2.75) is 33.2 Å². The van der Waals surface area contributed by atoms with E-state index >= 15 is 0 Å². The monoisotopic (exact) mass is 284 g/mol. The van der Waals surface area contributed by atoms with E-state index in [2.05, 4.69) is 16.8 Å². The average Bonchev–Trinajstić information content (AvgIpc) is 2.94. The number of nitrogens with zero attached hydrogens (tertiary/aromatic N) is 2. The molecule has 1 fully saturated rings. The lowest BCUT2D eigenvalue weighted by Gasteiger charge is -2.29. The van der Waals surface area contributed by atoms with Crippen LogP contribution in [0.3, 0.4) is 0 Å². The molecule has 19 heavy (non-hydrogen) atoms. The van der Waals surface area contributed by atoms with Gasteiger partial charge in [0.1, 0.15) is 5.92 Å². The van der Waals surface area contributed by atoms with Crippen molar-refractivity contribution in [3.05, 3.63) is 10.6 Å². The summed E-state index contributed by atoms with van der Waals surface area (Å²) in [7, 11) is 0. The Morgan fingerprint density at radius 3 is 2.79 bits per heavy atom. The first kappa shape index (κ1) is 14.3. The molecule has 0 aliphatic carbocycles. The minimum absolute atomic E-state index is 0.109. The Hall–Kier alpha value is -1.14. The van der Waals surface area contributed by atoms with Gasteiger partial charge in [0.2, 0.25) is 0 Å². The summed E-state index contributed by atoms with van der Waals surface area (Å²) < 4.78 is 5.37. The Labute approximate surface area is 117 Å². The highest BCUT2D eigenvalue weighted by Crippen LogP contribution is 2.31. The number of aromatic nitrogens is 1. The fourth-order valence-electron chi connectivity index (χ4n) is 2.31. The van der Waals surface area contributed by atoms with Crippen LogP contribution in [0.15, 0.2) is 0 Å². The molecule has 2 atom stereocenters. The first-order chi connectivity index (χ1) is 9.04. The quantitative estimate of drug-likeness (QED) is 0.897. The van der Waals surface area contributed by atoms with Gasteiger partial charge in [-0.3, -0.25) is 4.79 Å². The van der Waals surface area contributed by atoms with Crippen LogP contribution in [0.25, 0.3) is 0 Å². The predicted octanol–water partition coefficient (Wildman–Crippen LogP) is 2.08. The van der Waals surface area contributed by atoms with Crippen LogP contribution in [0.2, 0.25) is 0 Å². The van der Waals surface area contributed by atoms with Crippen molar-refractivity contribution in [1.29, 1.82) is 0 Å². The third kappa shape index (κ3) is 2.90. The highest BCUT2D eigenvalue weighted by Gasteiger charge is 2.38. The highest BCUT2D eigenvalue weighted by molar-refractivity contribution is 7.15. The van der Waals surface area contributed by atoms with Crippen LogP contribution < -0.4 is 4.90 Å². The number of carbonyl (C=O) groups is 1. The van der Waals surface area contributed by atoms with E-state index in [-0.39, 0.29) is 6.04 Å². The first-order valence-electron chi connectivity index (χ1n) is 6.55. The second-order valence-corrected chi connectivity index (χ2v) is 6.06. The van der Waals surface area contributed by atoms with Gasteiger partial charge in [0.15, 0.2) is 5.13 Å². The molecule has 2 heterocycles. The average molecular weight is 284 g/mol. The molecular weight excluding hydrogens is 264 g/mol. The lowest BCUT2D eigenvalue weighted by molar-refractivity contribution is -0.141. The van der Waals surface area contributed by atoms with E-state index in [0.717, 1.165) is 23.8 Å². The van der Waals surface area contributed by atoms with Gasteiger partial charge < -0.3 is 14.7 Å². The third-order valence-electron chi connectivity index (χ3n) is 3.50. The number of carboxylic acid groups (broad SMARTS) is 1. The molecule has 2 unspecified atom stereocenters. The normalized spacial score (nSPS) is 22.7. The topological polar surface area (TPSA) is 62.7 Å². The largest absolute Gasteiger partial charge is 0.481 e. The molecule has 2 rings (SSSR count). The van der Waals surface area contributed by atoms with E-state index in [0.29, 0.717) is 13.2 Å². The molecule has 0 saturated carbocycles. The summed E-state index contributed by atoms with van der Waals surface area (Å²) >= 11 is 1.63. The number of anilines is 1. The van der Waals surface area contributed by atoms with Gasteiger partial charge in [0, 0.05) is 11.4 Å². The lowest BCUT2D eigenvalue weighted by atomic mass is 10.0. The molecule has 1 aromatic heterocycles. The van der Waals surface area contributed by atoms with Gasteiger partial charge in [-0.1, -0.05) is 6.92 Å². The fourth-order valence-corrected chi connectivity index (χ4v) is 3.30. The van der Waals surface area contributed by atoms with Crippen molar-refractivity contribution in [2.75, 3.05) is 24.7 Å². The fraction of sp³-hybridized carbons (Fsp3) is 0.692. The summed E-state index contributed by atoms with van der Waals surface area (Å²) in [5.41, 5.74) is 1.02. The van der Waals surface area contributed by atoms with Crippen molar-refractivity contribution in [3.8, 4) is 0 Å². The number of hydrogen-bond acceptors (Lipinski definition) is 5. The van der Waals surface area contributed by atoms with Crippen molar-refractivity contribution in [3.63, 3.8) is 0 Å². The van der Waals surface area contributed by atoms with Gasteiger partial charge in [-0.15, -0.1) is 11.3 Å². The van der Waals surface area contributed by atoms with Gasteiger partial charge in [-0.25, -0.2) is 4.98 Å². The van der Waals surface area contributed by atoms with E-state index in [1.807, 2.05) is 13.8 Å². The molecule has 5 nitrogen and oxygen atoms in total. The summed E-state index contributed by atoms with van der Waals surface area (Å²) in [5, 5.41) is 10.2. The van der Waals surface area contributed by atoms with Gasteiger partial charge in [-0.05, 0) is 20.3 Å². The SMILES string of the molecule is CCCN(c1nc(C)c(C)s1)C1COCC1C(=O)O. The molecule has 6 heteroatoms. The minimum Gasteiger partial charge on any atom is -0.481 e. The Kier molecular flexibility index (Phi) is 4.42. The van der Waals surface area contributed by atoms with Crippen LogP contribution in [0.5, 0.6) is 0 Å². The molecule has 0 aromatic carbocycles. The third-order valence-corrected chi connectivity index (χ3v) is 4.61. The van der Waals surface area contributed by atoms with Crippen LogP contribution in [0, 0.1) is 19.8 Å². The molecule has 106 valence electrons. The molecule has 0 amide bonds. The smallest absolute Gasteiger partial charge is 0.311 e. The molecule has 0 radical (unpaired) electrons. The first-order valence-corrected chi connectivity index (χ1v) is 7.37. The van der Waals surface area contributed by atoms with Crippen LogP contribution in [0.4, 0.5) is 5.13 Å². The maximum Gasteiger partial charge on any atom is 0.311 e. The van der Waals surface area contributed by atoms with Crippen LogP contribution in [0.1, 0.15) is 23.9 Å². The summed E-state index contributed by atoms with van der Waals surface area (Å²) in [4.78, 5) is 19.2. The van der Waals surface area contributed by atoms with E-state index in [4.69, 9.17) is 4.74 Å². The Morgan fingerprint density at radius 2 is 2.26 bits per heavy atom. The number of thiazole rings is 1. The van der Waals surface area contributed by atoms with E-state index in [1.54, 1.807) is 11.3 Å². The van der Waals surface area contributed by atoms with E-state index in [9.17, 15) is 9.90 Å². The molecular formula is C13H20N2O3S. The number of rotatable bonds is 5. The number of hydrogen-bond donors (Lipinski definition) is 1. The van der Waals surface area contributed by atoms with Crippen LogP contribution in [-0.4, -0.2) is 41.9 Å². The van der Waals surface area contributed by atoms with Crippen LogP contribution in [-0.2, 0) is 9.53 Å². The number of aryl methyl sites for hydroxylation is 2. The maximum absolute atomic E-state index is 11.3. The second kappa shape index (κ2) is 5.88. The van der Waals surface area contributed by atoms with Gasteiger partial charge in [0.25, 0.3) is 0 Å². The molecule has 0 bridgehead atoms. The molecule has 0 spiro atoms. The lowest BCUT2D eigenvalue weighted by Crippen LogP contribution is -2.43.